The molecular weight excluding hydrogens is 346 g/mol. The second-order valence-electron chi connectivity index (χ2n) is 6.92. The molecule has 0 radical (unpaired) electrons. The zero-order chi connectivity index (χ0) is 17.8. The molecule has 3 heterocycles. The van der Waals surface area contributed by atoms with Crippen LogP contribution < -0.4 is 5.32 Å². The lowest BCUT2D eigenvalue weighted by atomic mass is 9.96. The summed E-state index contributed by atoms with van der Waals surface area (Å²) in [6, 6.07) is 3.58. The fourth-order valence-electron chi connectivity index (χ4n) is 3.89. The number of carbonyl (C=O) groups is 1. The molecule has 138 valence electrons. The summed E-state index contributed by atoms with van der Waals surface area (Å²) in [5.74, 6) is 0.0515. The molecule has 0 spiro atoms. The first-order valence-electron chi connectivity index (χ1n) is 9.40. The standard InChI is InChI=1S/C20H25N3O2S/c24-20(22-13-16-14-26-18-6-2-1-5-17(16)18)19(15-4-3-7-21-12-15)23-8-10-25-11-9-23/h3-4,7,12,14,19H,1-2,5-6,8-11,13H2,(H,22,24)/t19-/m1/s1. The van der Waals surface area contributed by atoms with Crippen molar-refractivity contribution in [3.8, 4) is 0 Å². The van der Waals surface area contributed by atoms with E-state index in [1.807, 2.05) is 23.5 Å². The Bertz CT molecular complexity index is 741. The molecule has 1 aliphatic carbocycles. The molecule has 1 N–H and O–H groups in total. The van der Waals surface area contributed by atoms with E-state index < -0.39 is 0 Å². The molecule has 0 saturated carbocycles. The van der Waals surface area contributed by atoms with Gasteiger partial charge < -0.3 is 10.1 Å². The Labute approximate surface area is 158 Å². The van der Waals surface area contributed by atoms with Gasteiger partial charge in [-0.05, 0) is 53.8 Å². The Kier molecular flexibility index (Phi) is 5.62. The minimum absolute atomic E-state index is 0.0515. The van der Waals surface area contributed by atoms with Crippen LogP contribution in [0.2, 0.25) is 0 Å². The first-order valence-corrected chi connectivity index (χ1v) is 10.3. The van der Waals surface area contributed by atoms with Crippen molar-refractivity contribution in [3.05, 3.63) is 51.5 Å². The van der Waals surface area contributed by atoms with Gasteiger partial charge in [-0.1, -0.05) is 6.07 Å². The van der Waals surface area contributed by atoms with E-state index in [1.165, 1.54) is 35.3 Å². The molecule has 2 aromatic heterocycles. The average Bonchev–Trinajstić information content (AvgIpc) is 3.11. The maximum absolute atomic E-state index is 13.1. The predicted octanol–water partition coefficient (Wildman–Crippen LogP) is 2.71. The summed E-state index contributed by atoms with van der Waals surface area (Å²) in [5.41, 5.74) is 3.72. The molecule has 2 aliphatic rings. The van der Waals surface area contributed by atoms with Crippen LogP contribution in [-0.2, 0) is 28.9 Å². The predicted molar refractivity (Wildman–Crippen MR) is 102 cm³/mol. The van der Waals surface area contributed by atoms with Crippen molar-refractivity contribution >= 4 is 17.2 Å². The maximum Gasteiger partial charge on any atom is 0.242 e. The highest BCUT2D eigenvalue weighted by atomic mass is 32.1. The topological polar surface area (TPSA) is 54.5 Å². The first kappa shape index (κ1) is 17.6. The highest BCUT2D eigenvalue weighted by Gasteiger charge is 2.29. The number of carbonyl (C=O) groups excluding carboxylic acids is 1. The molecular formula is C20H25N3O2S. The van der Waals surface area contributed by atoms with Gasteiger partial charge in [0, 0.05) is 36.9 Å². The third-order valence-electron chi connectivity index (χ3n) is 5.26. The van der Waals surface area contributed by atoms with Gasteiger partial charge in [0.25, 0.3) is 0 Å². The number of hydrogen-bond acceptors (Lipinski definition) is 5. The maximum atomic E-state index is 13.1. The number of amides is 1. The van der Waals surface area contributed by atoms with Gasteiger partial charge in [0.05, 0.1) is 13.2 Å². The average molecular weight is 372 g/mol. The lowest BCUT2D eigenvalue weighted by Gasteiger charge is -2.33. The third kappa shape index (κ3) is 3.82. The van der Waals surface area contributed by atoms with E-state index >= 15 is 0 Å². The van der Waals surface area contributed by atoms with Crippen molar-refractivity contribution < 1.29 is 9.53 Å². The smallest absolute Gasteiger partial charge is 0.242 e. The number of aromatic nitrogens is 1. The first-order chi connectivity index (χ1) is 12.8. The van der Waals surface area contributed by atoms with Gasteiger partial charge in [-0.3, -0.25) is 14.7 Å². The summed E-state index contributed by atoms with van der Waals surface area (Å²) in [6.07, 6.45) is 8.44. The summed E-state index contributed by atoms with van der Waals surface area (Å²) in [7, 11) is 0. The van der Waals surface area contributed by atoms with Crippen LogP contribution in [0.1, 0.15) is 40.5 Å². The molecule has 5 nitrogen and oxygen atoms in total. The lowest BCUT2D eigenvalue weighted by molar-refractivity contribution is -0.128. The Hall–Kier alpha value is -1.76. The Morgan fingerprint density at radius 1 is 1.31 bits per heavy atom. The van der Waals surface area contributed by atoms with Crippen LogP contribution >= 0.6 is 11.3 Å². The van der Waals surface area contributed by atoms with Gasteiger partial charge >= 0.3 is 0 Å². The largest absolute Gasteiger partial charge is 0.379 e. The number of nitrogens with zero attached hydrogens (tertiary/aromatic N) is 2. The number of aryl methyl sites for hydroxylation is 1. The highest BCUT2D eigenvalue weighted by molar-refractivity contribution is 7.10. The van der Waals surface area contributed by atoms with Crippen molar-refractivity contribution in [2.75, 3.05) is 26.3 Å². The Morgan fingerprint density at radius 3 is 2.96 bits per heavy atom. The summed E-state index contributed by atoms with van der Waals surface area (Å²) in [4.78, 5) is 21.0. The number of morpholine rings is 1. The molecule has 1 atom stereocenters. The van der Waals surface area contributed by atoms with Crippen LogP contribution in [0.5, 0.6) is 0 Å². The van der Waals surface area contributed by atoms with E-state index in [4.69, 9.17) is 4.74 Å². The molecule has 1 amide bonds. The molecule has 26 heavy (non-hydrogen) atoms. The van der Waals surface area contributed by atoms with Crippen LogP contribution in [0.4, 0.5) is 0 Å². The van der Waals surface area contributed by atoms with Crippen molar-refractivity contribution in [3.63, 3.8) is 0 Å². The molecule has 0 unspecified atom stereocenters. The fraction of sp³-hybridized carbons (Fsp3) is 0.500. The number of nitrogens with one attached hydrogen (secondary N) is 1. The van der Waals surface area contributed by atoms with Gasteiger partial charge in [0.1, 0.15) is 6.04 Å². The third-order valence-corrected chi connectivity index (χ3v) is 6.40. The van der Waals surface area contributed by atoms with Crippen molar-refractivity contribution in [1.29, 1.82) is 0 Å². The van der Waals surface area contributed by atoms with Crippen LogP contribution in [0, 0.1) is 0 Å². The molecule has 1 aliphatic heterocycles. The minimum Gasteiger partial charge on any atom is -0.379 e. The van der Waals surface area contributed by atoms with Crippen molar-refractivity contribution in [2.24, 2.45) is 0 Å². The number of hydrogen-bond donors (Lipinski definition) is 1. The molecule has 4 rings (SSSR count). The summed E-state index contributed by atoms with van der Waals surface area (Å²) >= 11 is 1.85. The summed E-state index contributed by atoms with van der Waals surface area (Å²) in [5, 5.41) is 5.41. The quantitative estimate of drug-likeness (QED) is 0.878. The fourth-order valence-corrected chi connectivity index (χ4v) is 5.04. The molecule has 6 heteroatoms. The van der Waals surface area contributed by atoms with Crippen molar-refractivity contribution in [2.45, 2.75) is 38.3 Å². The lowest BCUT2D eigenvalue weighted by Crippen LogP contribution is -2.45. The van der Waals surface area contributed by atoms with Crippen LogP contribution in [-0.4, -0.2) is 42.1 Å². The second kappa shape index (κ2) is 8.29. The minimum atomic E-state index is -0.304. The van der Waals surface area contributed by atoms with Gasteiger partial charge in [-0.15, -0.1) is 11.3 Å². The number of thiophene rings is 1. The number of pyridine rings is 1. The second-order valence-corrected chi connectivity index (χ2v) is 7.89. The van der Waals surface area contributed by atoms with E-state index in [-0.39, 0.29) is 11.9 Å². The van der Waals surface area contributed by atoms with E-state index in [0.29, 0.717) is 19.8 Å². The zero-order valence-corrected chi connectivity index (χ0v) is 15.8. The van der Waals surface area contributed by atoms with E-state index in [9.17, 15) is 4.79 Å². The Morgan fingerprint density at radius 2 is 2.15 bits per heavy atom. The zero-order valence-electron chi connectivity index (χ0n) is 14.9. The monoisotopic (exact) mass is 371 g/mol. The number of fused-ring (bicyclic) bond motifs is 1. The van der Waals surface area contributed by atoms with Gasteiger partial charge in [-0.2, -0.15) is 0 Å². The summed E-state index contributed by atoms with van der Waals surface area (Å²) < 4.78 is 5.46. The molecule has 1 saturated heterocycles. The van der Waals surface area contributed by atoms with Crippen molar-refractivity contribution in [1.82, 2.24) is 15.2 Å². The van der Waals surface area contributed by atoms with E-state index in [1.54, 1.807) is 12.4 Å². The van der Waals surface area contributed by atoms with E-state index in [0.717, 1.165) is 25.1 Å². The molecule has 0 bridgehead atoms. The Balaban J connectivity index is 1.48. The van der Waals surface area contributed by atoms with Gasteiger partial charge in [0.2, 0.25) is 5.91 Å². The van der Waals surface area contributed by atoms with Gasteiger partial charge in [0.15, 0.2) is 0 Å². The molecule has 1 fully saturated rings. The van der Waals surface area contributed by atoms with Gasteiger partial charge in [-0.25, -0.2) is 0 Å². The van der Waals surface area contributed by atoms with E-state index in [2.05, 4.69) is 20.6 Å². The highest BCUT2D eigenvalue weighted by Crippen LogP contribution is 2.30. The summed E-state index contributed by atoms with van der Waals surface area (Å²) in [6.45, 7) is 3.48. The number of ether oxygens (including phenoxy) is 1. The van der Waals surface area contributed by atoms with Crippen LogP contribution in [0.25, 0.3) is 0 Å². The molecule has 0 aromatic carbocycles. The SMILES string of the molecule is O=C(NCc1csc2c1CCCC2)[C@@H](c1cccnc1)N1CCOCC1. The number of rotatable bonds is 5. The normalized spacial score (nSPS) is 18.9. The van der Waals surface area contributed by atoms with Crippen LogP contribution in [0.15, 0.2) is 29.9 Å². The molecule has 2 aromatic rings. The van der Waals surface area contributed by atoms with Crippen LogP contribution in [0.3, 0.4) is 0 Å².